The van der Waals surface area contributed by atoms with Crippen molar-refractivity contribution in [1.29, 1.82) is 0 Å². The molecule has 4 N–H and O–H groups in total. The molecule has 0 unspecified atom stereocenters. The van der Waals surface area contributed by atoms with Crippen LogP contribution in [0.4, 0.5) is 10.6 Å². The maximum Gasteiger partial charge on any atom is 0.415 e. The summed E-state index contributed by atoms with van der Waals surface area (Å²) in [6.45, 7) is 8.23. The molecule has 0 aliphatic heterocycles. The highest BCUT2D eigenvalue weighted by atomic mass is 28.4. The monoisotopic (exact) mass is 524 g/mol. The Morgan fingerprint density at radius 1 is 1.00 bits per heavy atom. The van der Waals surface area contributed by atoms with Gasteiger partial charge in [-0.25, -0.2) is 14.4 Å². The molecule has 0 fully saturated rings. The lowest BCUT2D eigenvalue weighted by Gasteiger charge is -2.43. The molecule has 0 spiro atoms. The molecule has 196 valence electrons. The summed E-state index contributed by atoms with van der Waals surface area (Å²) in [5.41, 5.74) is 3.59. The minimum Gasteiger partial charge on any atom is -0.406 e. The van der Waals surface area contributed by atoms with Crippen LogP contribution in [0.25, 0.3) is 0 Å². The molecule has 1 heterocycles. The topological polar surface area (TPSA) is 146 Å². The fourth-order valence-electron chi connectivity index (χ4n) is 4.37. The van der Waals surface area contributed by atoms with E-state index in [9.17, 15) is 19.2 Å². The number of H-pyrrole nitrogens is 1. The van der Waals surface area contributed by atoms with E-state index in [2.05, 4.69) is 35.8 Å². The van der Waals surface area contributed by atoms with E-state index in [1.165, 1.54) is 0 Å². The molecule has 0 saturated heterocycles. The number of alkyl carbamates (subject to hydrolysis) is 1. The summed E-state index contributed by atoms with van der Waals surface area (Å²) in [6, 6.07) is 19.9. The van der Waals surface area contributed by atoms with Gasteiger partial charge in [-0.2, -0.15) is 0 Å². The van der Waals surface area contributed by atoms with Crippen molar-refractivity contribution in [2.45, 2.75) is 39.3 Å². The molecule has 10 nitrogen and oxygen atoms in total. The number of aromatic amines is 1. The number of hydrogen-bond donors (Lipinski definition) is 3. The second kappa shape index (κ2) is 11.4. The van der Waals surface area contributed by atoms with Gasteiger partial charge in [0.05, 0.1) is 13.2 Å². The van der Waals surface area contributed by atoms with E-state index in [1.807, 2.05) is 60.7 Å². The number of nitrogens with zero attached hydrogens (tertiary/aromatic N) is 1. The minimum atomic E-state index is -2.89. The van der Waals surface area contributed by atoms with Crippen molar-refractivity contribution in [3.05, 3.63) is 87.1 Å². The Labute approximate surface area is 215 Å². The number of benzene rings is 2. The molecule has 37 heavy (non-hydrogen) atoms. The standard InChI is InChI=1S/C26H32N4O6Si/c1-5-28-25(34)36-23(32)20-21(27)30(24(33)29-22(20)31)16-17-35-37(26(2,3)4,18-12-8-6-9-13-18)19-14-10-7-11-15-19/h6-15H,5,16-17,27H2,1-4H3,(H,28,34)(H,29,31,33). The fourth-order valence-corrected chi connectivity index (χ4v) is 8.93. The summed E-state index contributed by atoms with van der Waals surface area (Å²) >= 11 is 0. The number of amides is 1. The van der Waals surface area contributed by atoms with Gasteiger partial charge in [-0.1, -0.05) is 81.4 Å². The van der Waals surface area contributed by atoms with E-state index < -0.39 is 43.0 Å². The largest absolute Gasteiger partial charge is 0.415 e. The average molecular weight is 525 g/mol. The molecule has 0 radical (unpaired) electrons. The first-order valence-electron chi connectivity index (χ1n) is 11.9. The van der Waals surface area contributed by atoms with Gasteiger partial charge in [0.25, 0.3) is 13.9 Å². The summed E-state index contributed by atoms with van der Waals surface area (Å²) < 4.78 is 12.4. The molecular formula is C26H32N4O6Si. The average Bonchev–Trinajstić information content (AvgIpc) is 2.84. The van der Waals surface area contributed by atoms with E-state index in [0.717, 1.165) is 14.9 Å². The number of aromatic nitrogens is 2. The molecule has 0 atom stereocenters. The summed E-state index contributed by atoms with van der Waals surface area (Å²) in [6.07, 6.45) is -1.03. The maximum absolute atomic E-state index is 12.6. The zero-order valence-corrected chi connectivity index (χ0v) is 22.4. The van der Waals surface area contributed by atoms with Crippen molar-refractivity contribution in [2.24, 2.45) is 0 Å². The Morgan fingerprint density at radius 2 is 1.54 bits per heavy atom. The SMILES string of the molecule is CCNC(=O)OC(=O)c1c(N)n(CCO[Si](c2ccccc2)(c2ccccc2)C(C)(C)C)c(=O)[nH]c1=O. The first-order valence-corrected chi connectivity index (χ1v) is 13.8. The third kappa shape index (κ3) is 5.73. The van der Waals surface area contributed by atoms with Crippen LogP contribution in [0.1, 0.15) is 38.1 Å². The predicted molar refractivity (Wildman–Crippen MR) is 144 cm³/mol. The summed E-state index contributed by atoms with van der Waals surface area (Å²) in [5.74, 6) is -1.67. The van der Waals surface area contributed by atoms with Crippen molar-refractivity contribution in [3.63, 3.8) is 0 Å². The highest BCUT2D eigenvalue weighted by molar-refractivity contribution is 6.99. The lowest BCUT2D eigenvalue weighted by molar-refractivity contribution is 0.0621. The Morgan fingerprint density at radius 3 is 2.03 bits per heavy atom. The number of hydrogen-bond acceptors (Lipinski definition) is 7. The molecule has 3 aromatic rings. The van der Waals surface area contributed by atoms with Crippen molar-refractivity contribution in [1.82, 2.24) is 14.9 Å². The first-order chi connectivity index (χ1) is 17.5. The number of nitrogens with one attached hydrogen (secondary N) is 2. The second-order valence-corrected chi connectivity index (χ2v) is 13.7. The third-order valence-electron chi connectivity index (χ3n) is 6.00. The number of esters is 1. The van der Waals surface area contributed by atoms with Gasteiger partial charge in [0.15, 0.2) is 5.56 Å². The number of carbonyl (C=O) groups excluding carboxylic acids is 2. The summed E-state index contributed by atoms with van der Waals surface area (Å²) in [7, 11) is -2.89. The van der Waals surface area contributed by atoms with Gasteiger partial charge in [0, 0.05) is 6.54 Å². The third-order valence-corrected chi connectivity index (χ3v) is 11.0. The predicted octanol–water partition coefficient (Wildman–Crippen LogP) is 1.58. The smallest absolute Gasteiger partial charge is 0.406 e. The highest BCUT2D eigenvalue weighted by Gasteiger charge is 2.50. The van der Waals surface area contributed by atoms with Crippen LogP contribution in [0.3, 0.4) is 0 Å². The highest BCUT2D eigenvalue weighted by Crippen LogP contribution is 2.36. The van der Waals surface area contributed by atoms with Crippen LogP contribution in [0, 0.1) is 0 Å². The number of ether oxygens (including phenoxy) is 1. The second-order valence-electron chi connectivity index (χ2n) is 9.39. The number of nitrogens with two attached hydrogens (primary N) is 1. The van der Waals surface area contributed by atoms with Gasteiger partial charge in [0.1, 0.15) is 5.82 Å². The van der Waals surface area contributed by atoms with E-state index in [4.69, 9.17) is 10.2 Å². The molecular weight excluding hydrogens is 492 g/mol. The summed E-state index contributed by atoms with van der Waals surface area (Å²) in [5, 5.41) is 4.11. The molecule has 0 bridgehead atoms. The molecule has 1 amide bonds. The van der Waals surface area contributed by atoms with Crippen LogP contribution in [-0.2, 0) is 15.7 Å². The number of nitrogen functional groups attached to an aromatic ring is 1. The Hall–Kier alpha value is -3.96. The number of anilines is 1. The lowest BCUT2D eigenvalue weighted by Crippen LogP contribution is -2.66. The van der Waals surface area contributed by atoms with Crippen molar-refractivity contribution in [3.8, 4) is 0 Å². The van der Waals surface area contributed by atoms with Gasteiger partial charge in [-0.15, -0.1) is 0 Å². The van der Waals surface area contributed by atoms with Gasteiger partial charge in [-0.3, -0.25) is 14.3 Å². The summed E-state index contributed by atoms with van der Waals surface area (Å²) in [4.78, 5) is 51.1. The lowest BCUT2D eigenvalue weighted by atomic mass is 10.2. The molecule has 3 rings (SSSR count). The van der Waals surface area contributed by atoms with Gasteiger partial charge < -0.3 is 20.2 Å². The molecule has 0 aliphatic rings. The van der Waals surface area contributed by atoms with Crippen LogP contribution in [0.2, 0.25) is 5.04 Å². The van der Waals surface area contributed by atoms with E-state index >= 15 is 0 Å². The van der Waals surface area contributed by atoms with Crippen LogP contribution in [-0.4, -0.2) is 43.1 Å². The minimum absolute atomic E-state index is 0.0482. The van der Waals surface area contributed by atoms with Gasteiger partial charge in [0.2, 0.25) is 0 Å². The van der Waals surface area contributed by atoms with Crippen LogP contribution < -0.4 is 32.7 Å². The molecule has 2 aromatic carbocycles. The zero-order chi connectivity index (χ0) is 27.2. The zero-order valence-electron chi connectivity index (χ0n) is 21.4. The van der Waals surface area contributed by atoms with Crippen LogP contribution in [0.15, 0.2) is 70.3 Å². The normalized spacial score (nSPS) is 11.7. The Kier molecular flexibility index (Phi) is 8.51. The maximum atomic E-state index is 12.6. The molecule has 0 saturated carbocycles. The van der Waals surface area contributed by atoms with E-state index in [1.54, 1.807) is 6.92 Å². The molecule has 1 aromatic heterocycles. The van der Waals surface area contributed by atoms with E-state index in [0.29, 0.717) is 0 Å². The van der Waals surface area contributed by atoms with Crippen molar-refractivity contribution >= 4 is 36.6 Å². The number of carbonyl (C=O) groups is 2. The quantitative estimate of drug-likeness (QED) is 0.230. The Balaban J connectivity index is 1.99. The van der Waals surface area contributed by atoms with Gasteiger partial charge >= 0.3 is 17.8 Å². The van der Waals surface area contributed by atoms with Gasteiger partial charge in [-0.05, 0) is 22.3 Å². The molecule has 11 heteroatoms. The Bertz CT molecular complexity index is 1320. The fraction of sp³-hybridized carbons (Fsp3) is 0.308. The first kappa shape index (κ1) is 27.6. The van der Waals surface area contributed by atoms with Crippen molar-refractivity contribution < 1.29 is 18.8 Å². The number of rotatable bonds is 8. The van der Waals surface area contributed by atoms with Crippen LogP contribution >= 0.6 is 0 Å². The van der Waals surface area contributed by atoms with Crippen LogP contribution in [0.5, 0.6) is 0 Å². The van der Waals surface area contributed by atoms with E-state index in [-0.39, 0.29) is 24.7 Å². The molecule has 0 aliphatic carbocycles. The van der Waals surface area contributed by atoms with Crippen molar-refractivity contribution in [2.75, 3.05) is 18.9 Å².